The van der Waals surface area contributed by atoms with Crippen molar-refractivity contribution in [3.8, 4) is 0 Å². The molecule has 0 saturated heterocycles. The van der Waals surface area contributed by atoms with Gasteiger partial charge in [-0.15, -0.1) is 0 Å². The van der Waals surface area contributed by atoms with Crippen molar-refractivity contribution in [3.05, 3.63) is 72.9 Å². The largest absolute Gasteiger partial charge is 0.472 e. The highest BCUT2D eigenvalue weighted by Gasteiger charge is 2.28. The number of allylic oxidation sites excluding steroid dienone is 12. The third-order valence-electron chi connectivity index (χ3n) is 14.1. The summed E-state index contributed by atoms with van der Waals surface area (Å²) in [5.74, 6) is -1.48. The monoisotopic (exact) mass is 1140 g/mol. The number of ether oxygens (including phenoxy) is 3. The first kappa shape index (κ1) is 76.9. The molecule has 0 fully saturated rings. The maximum Gasteiger partial charge on any atom is 0.472 e. The highest BCUT2D eigenvalue weighted by Crippen LogP contribution is 2.43. The Balaban J connectivity index is 4.71. The molecule has 0 aliphatic heterocycles. The minimum atomic E-state index is -4.76. The molecule has 2 N–H and O–H groups in total. The number of esters is 3. The van der Waals surface area contributed by atoms with E-state index >= 15 is 0 Å². The topological polar surface area (TPSA) is 155 Å². The molecule has 0 heterocycles. The zero-order valence-electron chi connectivity index (χ0n) is 51.5. The van der Waals surface area contributed by atoms with Crippen LogP contribution in [0.1, 0.15) is 303 Å². The molecular weight excluding hydrogens is 1020 g/mol. The van der Waals surface area contributed by atoms with Crippen molar-refractivity contribution in [2.75, 3.05) is 26.4 Å². The Morgan fingerprint density at radius 2 is 0.650 bits per heavy atom. The van der Waals surface area contributed by atoms with Gasteiger partial charge >= 0.3 is 25.7 Å². The summed E-state index contributed by atoms with van der Waals surface area (Å²) in [5.41, 5.74) is 0. The van der Waals surface area contributed by atoms with Gasteiger partial charge in [0.1, 0.15) is 12.7 Å². The van der Waals surface area contributed by atoms with Crippen LogP contribution in [-0.2, 0) is 42.2 Å². The summed E-state index contributed by atoms with van der Waals surface area (Å²) < 4.78 is 39.7. The lowest BCUT2D eigenvalue weighted by Crippen LogP contribution is -2.30. The Bertz CT molecular complexity index is 1620. The second-order valence-corrected chi connectivity index (χ2v) is 23.3. The highest BCUT2D eigenvalue weighted by atomic mass is 31.2. The molecule has 0 amide bonds. The molecule has 80 heavy (non-hydrogen) atoms. The van der Waals surface area contributed by atoms with Crippen LogP contribution in [0.25, 0.3) is 0 Å². The number of carbonyl (C=O) groups excluding carboxylic acids is 3. The molecule has 0 bridgehead atoms. The summed E-state index contributed by atoms with van der Waals surface area (Å²) in [5, 5.41) is 9.86. The van der Waals surface area contributed by atoms with Crippen LogP contribution in [0.4, 0.5) is 0 Å². The third kappa shape index (κ3) is 59.5. The van der Waals surface area contributed by atoms with Crippen LogP contribution in [0, 0.1) is 0 Å². The van der Waals surface area contributed by atoms with Gasteiger partial charge in [0, 0.05) is 19.3 Å². The van der Waals surface area contributed by atoms with Gasteiger partial charge in [0.25, 0.3) is 0 Å². The molecule has 0 aromatic heterocycles. The fourth-order valence-corrected chi connectivity index (χ4v) is 9.89. The van der Waals surface area contributed by atoms with E-state index in [2.05, 4.69) is 93.7 Å². The van der Waals surface area contributed by atoms with Gasteiger partial charge in [-0.25, -0.2) is 4.57 Å². The standard InChI is InChI=1S/C68H121O11P/c1-4-7-10-13-16-19-22-25-28-31-32-35-36-39-42-45-48-51-54-57-66(70)75-61-65(79-68(72)59-56-53-50-47-44-41-38-34-30-27-24-21-18-15-12-9-6-3)63-77-80(73,74)76-62-64(60-69)78-67(71)58-55-52-49-46-43-40-37-33-29-26-23-20-17-14-11-8-5-2/h7,10,16,19,25-30,32,35,64-65,69H,4-6,8-9,11-15,17-18,20-24,31,33-34,36-63H2,1-3H3,(H,73,74)/b10-7-,19-16-,28-25-,29-26-,30-27-,35-32-. The molecule has 0 radical (unpaired) electrons. The summed E-state index contributed by atoms with van der Waals surface area (Å²) in [6.07, 6.45) is 71.3. The number of aliphatic hydroxyl groups excluding tert-OH is 1. The van der Waals surface area contributed by atoms with Gasteiger partial charge in [-0.2, -0.15) is 0 Å². The van der Waals surface area contributed by atoms with Gasteiger partial charge in [-0.1, -0.05) is 248 Å². The van der Waals surface area contributed by atoms with Gasteiger partial charge in [0.15, 0.2) is 6.10 Å². The fraction of sp³-hybridized carbons (Fsp3) is 0.779. The average Bonchev–Trinajstić information content (AvgIpc) is 3.45. The molecule has 0 aromatic rings. The van der Waals surface area contributed by atoms with E-state index in [1.165, 1.54) is 122 Å². The van der Waals surface area contributed by atoms with Crippen molar-refractivity contribution in [3.63, 3.8) is 0 Å². The Kier molecular flexibility index (Phi) is 59.6. The molecule has 3 unspecified atom stereocenters. The maximum atomic E-state index is 13.0. The summed E-state index contributed by atoms with van der Waals surface area (Å²) in [7, 11) is -4.76. The van der Waals surface area contributed by atoms with Crippen molar-refractivity contribution in [1.82, 2.24) is 0 Å². The van der Waals surface area contributed by atoms with E-state index in [0.717, 1.165) is 122 Å². The van der Waals surface area contributed by atoms with Crippen LogP contribution in [-0.4, -0.2) is 66.5 Å². The summed E-state index contributed by atoms with van der Waals surface area (Å²) in [6, 6.07) is 0. The van der Waals surface area contributed by atoms with Gasteiger partial charge in [0.05, 0.1) is 19.8 Å². The Morgan fingerprint density at radius 3 is 1.01 bits per heavy atom. The molecule has 3 atom stereocenters. The number of aliphatic hydroxyl groups is 1. The lowest BCUT2D eigenvalue weighted by molar-refractivity contribution is -0.161. The minimum Gasteiger partial charge on any atom is -0.462 e. The first-order valence-electron chi connectivity index (χ1n) is 32.8. The molecule has 464 valence electrons. The molecular formula is C68H121O11P. The van der Waals surface area contributed by atoms with Gasteiger partial charge in [-0.3, -0.25) is 23.4 Å². The zero-order valence-corrected chi connectivity index (χ0v) is 52.4. The number of phosphoric ester groups is 1. The Hall–Kier alpha value is -3.08. The van der Waals surface area contributed by atoms with Gasteiger partial charge in [-0.05, 0) is 109 Å². The van der Waals surface area contributed by atoms with Crippen molar-refractivity contribution >= 4 is 25.7 Å². The van der Waals surface area contributed by atoms with Crippen LogP contribution in [0.2, 0.25) is 0 Å². The van der Waals surface area contributed by atoms with Crippen molar-refractivity contribution in [2.24, 2.45) is 0 Å². The predicted molar refractivity (Wildman–Crippen MR) is 335 cm³/mol. The molecule has 12 heteroatoms. The first-order chi connectivity index (χ1) is 39.2. The maximum absolute atomic E-state index is 13.0. The van der Waals surface area contributed by atoms with E-state index in [-0.39, 0.29) is 25.9 Å². The van der Waals surface area contributed by atoms with Gasteiger partial charge in [0.2, 0.25) is 0 Å². The summed E-state index contributed by atoms with van der Waals surface area (Å²) >= 11 is 0. The molecule has 0 rings (SSSR count). The smallest absolute Gasteiger partial charge is 0.462 e. The zero-order chi connectivity index (χ0) is 58.3. The van der Waals surface area contributed by atoms with Crippen molar-refractivity contribution in [1.29, 1.82) is 0 Å². The number of hydrogen-bond acceptors (Lipinski definition) is 10. The fourth-order valence-electron chi connectivity index (χ4n) is 9.10. The molecule has 0 aliphatic rings. The van der Waals surface area contributed by atoms with E-state index in [0.29, 0.717) is 19.3 Å². The van der Waals surface area contributed by atoms with Crippen LogP contribution < -0.4 is 0 Å². The molecule has 0 aliphatic carbocycles. The number of phosphoric acid groups is 1. The summed E-state index contributed by atoms with van der Waals surface area (Å²) in [4.78, 5) is 48.8. The number of rotatable bonds is 61. The third-order valence-corrected chi connectivity index (χ3v) is 15.0. The molecule has 11 nitrogen and oxygen atoms in total. The number of unbranched alkanes of at least 4 members (excludes halogenated alkanes) is 32. The van der Waals surface area contributed by atoms with E-state index in [4.69, 9.17) is 23.3 Å². The van der Waals surface area contributed by atoms with E-state index in [9.17, 15) is 28.9 Å². The van der Waals surface area contributed by atoms with Gasteiger partial charge < -0.3 is 24.2 Å². The molecule has 0 saturated carbocycles. The summed E-state index contributed by atoms with van der Waals surface area (Å²) in [6.45, 7) is 4.55. The van der Waals surface area contributed by atoms with E-state index in [1.807, 2.05) is 0 Å². The lowest BCUT2D eigenvalue weighted by atomic mass is 10.1. The van der Waals surface area contributed by atoms with E-state index < -0.39 is 57.8 Å². The first-order valence-corrected chi connectivity index (χ1v) is 34.3. The lowest BCUT2D eigenvalue weighted by Gasteiger charge is -2.21. The average molecular weight is 1150 g/mol. The molecule has 0 spiro atoms. The predicted octanol–water partition coefficient (Wildman–Crippen LogP) is 20.0. The highest BCUT2D eigenvalue weighted by molar-refractivity contribution is 7.47. The minimum absolute atomic E-state index is 0.158. The second kappa shape index (κ2) is 62.0. The quantitative estimate of drug-likeness (QED) is 0.0197. The Labute approximate surface area is 490 Å². The second-order valence-electron chi connectivity index (χ2n) is 21.9. The van der Waals surface area contributed by atoms with Crippen LogP contribution in [0.3, 0.4) is 0 Å². The molecule has 0 aromatic carbocycles. The van der Waals surface area contributed by atoms with E-state index in [1.54, 1.807) is 0 Å². The normalized spacial score (nSPS) is 13.7. The SMILES string of the molecule is CC/C=C\C/C=C\C/C=C\C/C=C\CCCCCCCCC(=O)OCC(COP(=O)(O)OCC(CO)OC(=O)CCCCCCCCC/C=C\CCCCCCCC)OC(=O)CCCCCCCCC/C=C\CCCCCCCC. The number of hydrogen-bond donors (Lipinski definition) is 2. The van der Waals surface area contributed by atoms with Crippen LogP contribution in [0.5, 0.6) is 0 Å². The van der Waals surface area contributed by atoms with Crippen LogP contribution >= 0.6 is 7.82 Å². The number of carbonyl (C=O) groups is 3. The van der Waals surface area contributed by atoms with Crippen LogP contribution in [0.15, 0.2) is 72.9 Å². The van der Waals surface area contributed by atoms with Crippen molar-refractivity contribution in [2.45, 2.75) is 315 Å². The van der Waals surface area contributed by atoms with Crippen molar-refractivity contribution < 1.29 is 52.2 Å². The Morgan fingerprint density at radius 1 is 0.362 bits per heavy atom.